The van der Waals surface area contributed by atoms with Gasteiger partial charge in [-0.25, -0.2) is 0 Å². The Morgan fingerprint density at radius 1 is 0.806 bits per heavy atom. The zero-order chi connectivity index (χ0) is 26.7. The molecule has 0 aromatic heterocycles. The number of Topliss-reactive ketones (excluding diaryl/α,β-unsaturated/α-hetero) is 1. The monoisotopic (exact) mass is 534 g/mol. The Morgan fingerprint density at radius 3 is 1.97 bits per heavy atom. The summed E-state index contributed by atoms with van der Waals surface area (Å²) in [5, 5.41) is 0.672. The lowest BCUT2D eigenvalue weighted by atomic mass is 9.45. The number of ketones is 1. The van der Waals surface area contributed by atoms with E-state index in [1.165, 1.54) is 32.1 Å². The Balaban J connectivity index is 1.43. The summed E-state index contributed by atoms with van der Waals surface area (Å²) in [6, 6.07) is 0. The van der Waals surface area contributed by atoms with Crippen LogP contribution in [0.1, 0.15) is 121 Å². The average molecular weight is 535 g/mol. The molecule has 3 unspecified atom stereocenters. The van der Waals surface area contributed by atoms with Crippen molar-refractivity contribution in [2.24, 2.45) is 46.3 Å². The van der Waals surface area contributed by atoms with E-state index in [9.17, 15) is 4.79 Å². The second-order valence-electron chi connectivity index (χ2n) is 16.0. The molecule has 0 bridgehead atoms. The van der Waals surface area contributed by atoms with Gasteiger partial charge in [0.1, 0.15) is 5.78 Å². The smallest absolute Gasteiger partial charge is 0.167 e. The summed E-state index contributed by atoms with van der Waals surface area (Å²) in [6.45, 7) is 23.9. The van der Waals surface area contributed by atoms with Crippen LogP contribution in [0, 0.1) is 46.3 Å². The number of hydrogen-bond acceptors (Lipinski definition) is 3. The lowest BCUT2D eigenvalue weighted by molar-refractivity contribution is -0.159. The fourth-order valence-corrected chi connectivity index (χ4v) is 11.2. The minimum atomic E-state index is -0.614. The van der Waals surface area contributed by atoms with Gasteiger partial charge in [-0.2, -0.15) is 0 Å². The fourth-order valence-electron chi connectivity index (χ4n) is 8.36. The van der Waals surface area contributed by atoms with Crippen LogP contribution in [-0.4, -0.2) is 37.5 Å². The van der Waals surface area contributed by atoms with Crippen molar-refractivity contribution in [3.63, 3.8) is 0 Å². The van der Waals surface area contributed by atoms with E-state index >= 15 is 0 Å². The summed E-state index contributed by atoms with van der Waals surface area (Å²) in [7, 11) is -1.21. The number of hydrogen-bond donors (Lipinski definition) is 0. The molecular weight excluding hydrogens is 477 g/mol. The molecule has 0 N–H and O–H groups in total. The van der Waals surface area contributed by atoms with Crippen LogP contribution in [0.15, 0.2) is 0 Å². The van der Waals surface area contributed by atoms with Crippen LogP contribution >= 0.6 is 0 Å². The lowest BCUT2D eigenvalue weighted by Gasteiger charge is -2.60. The van der Waals surface area contributed by atoms with Gasteiger partial charge in [-0.05, 0) is 95.4 Å². The highest BCUT2D eigenvalue weighted by Crippen LogP contribution is 2.66. The number of rotatable bonds is 8. The maximum absolute atomic E-state index is 13.8. The molecule has 4 rings (SSSR count). The molecule has 4 saturated carbocycles. The molecule has 0 saturated heterocycles. The molecule has 0 spiro atoms. The van der Waals surface area contributed by atoms with Gasteiger partial charge in [0.15, 0.2) is 19.5 Å². The molecule has 0 heterocycles. The molecule has 0 amide bonds. The Labute approximate surface area is 227 Å². The molecule has 5 heteroatoms. The normalized spacial score (nSPS) is 42.1. The molecular formula is C31H58O3Si2. The Morgan fingerprint density at radius 2 is 1.36 bits per heavy atom. The number of fused-ring (bicyclic) bond motifs is 5. The van der Waals surface area contributed by atoms with E-state index in [2.05, 4.69) is 69.2 Å². The van der Waals surface area contributed by atoms with Crippen molar-refractivity contribution in [2.75, 3.05) is 0 Å². The van der Waals surface area contributed by atoms with Gasteiger partial charge in [-0.1, -0.05) is 69.2 Å². The van der Waals surface area contributed by atoms with Crippen LogP contribution in [0.3, 0.4) is 0 Å². The van der Waals surface area contributed by atoms with Gasteiger partial charge < -0.3 is 8.85 Å². The van der Waals surface area contributed by atoms with Crippen LogP contribution in [0.25, 0.3) is 0 Å². The van der Waals surface area contributed by atoms with Crippen molar-refractivity contribution in [3.05, 3.63) is 0 Å². The highest BCUT2D eigenvalue weighted by atomic mass is 28.2. The van der Waals surface area contributed by atoms with Crippen molar-refractivity contribution in [3.8, 4) is 0 Å². The van der Waals surface area contributed by atoms with Crippen molar-refractivity contribution < 1.29 is 13.6 Å². The average Bonchev–Trinajstić information content (AvgIpc) is 3.13. The van der Waals surface area contributed by atoms with E-state index in [1.54, 1.807) is 0 Å². The zero-order valence-electron chi connectivity index (χ0n) is 25.4. The van der Waals surface area contributed by atoms with E-state index in [1.807, 2.05) is 0 Å². The molecule has 4 aliphatic carbocycles. The summed E-state index contributed by atoms with van der Waals surface area (Å²) in [5.41, 5.74) is 0.461. The summed E-state index contributed by atoms with van der Waals surface area (Å²) >= 11 is 0. The van der Waals surface area contributed by atoms with Crippen LogP contribution in [0.2, 0.25) is 10.1 Å². The maximum Gasteiger partial charge on any atom is 0.167 e. The topological polar surface area (TPSA) is 35.5 Å². The molecule has 0 aliphatic heterocycles. The molecule has 208 valence electrons. The maximum atomic E-state index is 13.8. The van der Waals surface area contributed by atoms with Gasteiger partial charge >= 0.3 is 0 Å². The summed E-state index contributed by atoms with van der Waals surface area (Å²) in [5.74, 6) is 4.10. The van der Waals surface area contributed by atoms with E-state index < -0.39 is 19.5 Å². The predicted molar refractivity (Wildman–Crippen MR) is 157 cm³/mol. The van der Waals surface area contributed by atoms with Crippen LogP contribution < -0.4 is 0 Å². The minimum absolute atomic E-state index is 0.184. The second-order valence-corrected chi connectivity index (χ2v) is 20.9. The molecule has 0 aromatic rings. The van der Waals surface area contributed by atoms with E-state index in [-0.39, 0.29) is 16.7 Å². The zero-order valence-corrected chi connectivity index (χ0v) is 28.2. The summed E-state index contributed by atoms with van der Waals surface area (Å²) in [6.07, 6.45) is 9.99. The first-order valence-electron chi connectivity index (χ1n) is 15.4. The first-order chi connectivity index (χ1) is 16.6. The van der Waals surface area contributed by atoms with E-state index in [0.717, 1.165) is 19.3 Å². The van der Waals surface area contributed by atoms with Crippen LogP contribution in [-0.2, 0) is 13.6 Å². The fraction of sp³-hybridized carbons (Fsp3) is 0.968. The first kappa shape index (κ1) is 29.0. The Kier molecular flexibility index (Phi) is 8.23. The summed E-state index contributed by atoms with van der Waals surface area (Å²) in [4.78, 5) is 13.8. The number of carbonyl (C=O) groups is 1. The van der Waals surface area contributed by atoms with Gasteiger partial charge in [0.2, 0.25) is 0 Å². The molecule has 36 heavy (non-hydrogen) atoms. The minimum Gasteiger partial charge on any atom is -0.421 e. The third-order valence-electron chi connectivity index (χ3n) is 12.8. The van der Waals surface area contributed by atoms with Crippen molar-refractivity contribution >= 4 is 25.3 Å². The quantitative estimate of drug-likeness (QED) is 0.319. The van der Waals surface area contributed by atoms with E-state index in [0.29, 0.717) is 57.7 Å². The van der Waals surface area contributed by atoms with E-state index in [4.69, 9.17) is 8.85 Å². The third kappa shape index (κ3) is 5.13. The third-order valence-corrected chi connectivity index (χ3v) is 17.1. The van der Waals surface area contributed by atoms with Crippen LogP contribution in [0.4, 0.5) is 0 Å². The first-order valence-corrected chi connectivity index (χ1v) is 17.9. The molecule has 0 radical (unpaired) electrons. The van der Waals surface area contributed by atoms with Gasteiger partial charge in [-0.15, -0.1) is 0 Å². The predicted octanol–water partition coefficient (Wildman–Crippen LogP) is 6.86. The molecule has 4 aliphatic rings. The molecule has 0 aromatic carbocycles. The van der Waals surface area contributed by atoms with Crippen molar-refractivity contribution in [1.82, 2.24) is 0 Å². The molecule has 8 atom stereocenters. The Bertz CT molecular complexity index is 808. The van der Waals surface area contributed by atoms with Gasteiger partial charge in [-0.3, -0.25) is 4.79 Å². The second kappa shape index (κ2) is 10.2. The van der Waals surface area contributed by atoms with Gasteiger partial charge in [0.25, 0.3) is 0 Å². The number of carbonyl (C=O) groups excluding carboxylic acids is 1. The standard InChI is InChI=1S/C31H58O3Si2/c1-19(2)28(5,6)35-33-21-13-15-30(9)24-14-16-31(10)23(22(24)18-26(32)25(30)17-21)11-12-27(31)34-36-29(7,8)20(3)4/h19-25,27H,11-18,35-36H2,1-10H3/t21?,22-,23-,24+,25?,27?,30+,31-/m0/s1. The molecule has 3 nitrogen and oxygen atoms in total. The van der Waals surface area contributed by atoms with Crippen molar-refractivity contribution in [1.29, 1.82) is 0 Å². The highest BCUT2D eigenvalue weighted by molar-refractivity contribution is 6.32. The van der Waals surface area contributed by atoms with Crippen molar-refractivity contribution in [2.45, 2.75) is 143 Å². The SMILES string of the molecule is CC(C)C(C)(C)[SiH2]OC1CC[C@@]2(C)C(C1)C(=O)C[C@@H]1[C@H]2CC[C@]2(C)C(O[SiH2]C(C)(C)C(C)C)CC[C@@H]12. The largest absolute Gasteiger partial charge is 0.421 e. The lowest BCUT2D eigenvalue weighted by Crippen LogP contribution is -2.57. The highest BCUT2D eigenvalue weighted by Gasteiger charge is 2.62. The Hall–Kier alpha value is 0.0238. The summed E-state index contributed by atoms with van der Waals surface area (Å²) < 4.78 is 13.5. The van der Waals surface area contributed by atoms with Gasteiger partial charge in [0.05, 0.1) is 0 Å². The molecule has 4 fully saturated rings. The van der Waals surface area contributed by atoms with Crippen LogP contribution in [0.5, 0.6) is 0 Å². The van der Waals surface area contributed by atoms with Gasteiger partial charge in [0, 0.05) is 24.5 Å².